The molecule has 1 N–H and O–H groups in total. The molecule has 1 aromatic carbocycles. The second-order valence-corrected chi connectivity index (χ2v) is 6.28. The third-order valence-electron chi connectivity index (χ3n) is 3.83. The SMILES string of the molecule is O=C(NCCn1ccc2ccc(Br)cc21)c1ccc2nnnn2c1. The lowest BCUT2D eigenvalue weighted by Crippen LogP contribution is -2.27. The van der Waals surface area contributed by atoms with Crippen LogP contribution in [-0.4, -0.2) is 37.1 Å². The Morgan fingerprint density at radius 2 is 2.12 bits per heavy atom. The van der Waals surface area contributed by atoms with Crippen LogP contribution in [0, 0.1) is 0 Å². The summed E-state index contributed by atoms with van der Waals surface area (Å²) < 4.78 is 4.63. The summed E-state index contributed by atoms with van der Waals surface area (Å²) in [5, 5.41) is 15.3. The van der Waals surface area contributed by atoms with E-state index in [2.05, 4.69) is 59.5 Å². The minimum atomic E-state index is -0.148. The number of carbonyl (C=O) groups excluding carboxylic acids is 1. The van der Waals surface area contributed by atoms with Crippen LogP contribution in [0.15, 0.2) is 53.3 Å². The summed E-state index contributed by atoms with van der Waals surface area (Å²) in [5.41, 5.74) is 2.26. The molecule has 0 radical (unpaired) electrons. The number of carbonyl (C=O) groups is 1. The molecule has 0 unspecified atom stereocenters. The standard InChI is InChI=1S/C16H13BrN6O/c17-13-3-1-11-5-7-22(14(11)9-13)8-6-18-16(24)12-2-4-15-19-20-21-23(15)10-12/h1-5,7,9-10H,6,8H2,(H,18,24). The Bertz CT molecular complexity index is 1040. The van der Waals surface area contributed by atoms with Crippen LogP contribution in [0.5, 0.6) is 0 Å². The van der Waals surface area contributed by atoms with E-state index in [1.807, 2.05) is 12.3 Å². The summed E-state index contributed by atoms with van der Waals surface area (Å²) in [6.07, 6.45) is 3.64. The number of aromatic nitrogens is 5. The fourth-order valence-corrected chi connectivity index (χ4v) is 2.97. The molecule has 0 saturated carbocycles. The largest absolute Gasteiger partial charge is 0.350 e. The van der Waals surface area contributed by atoms with E-state index in [0.717, 1.165) is 9.99 Å². The summed E-state index contributed by atoms with van der Waals surface area (Å²) >= 11 is 3.49. The van der Waals surface area contributed by atoms with Crippen molar-refractivity contribution in [2.75, 3.05) is 6.54 Å². The number of tetrazole rings is 1. The van der Waals surface area contributed by atoms with Crippen molar-refractivity contribution in [3.63, 3.8) is 0 Å². The number of pyridine rings is 1. The maximum absolute atomic E-state index is 12.2. The molecule has 0 aliphatic carbocycles. The highest BCUT2D eigenvalue weighted by atomic mass is 79.9. The van der Waals surface area contributed by atoms with Crippen molar-refractivity contribution in [3.8, 4) is 0 Å². The van der Waals surface area contributed by atoms with Gasteiger partial charge in [0.1, 0.15) is 0 Å². The molecule has 8 heteroatoms. The normalized spacial score (nSPS) is 11.2. The van der Waals surface area contributed by atoms with Gasteiger partial charge in [0.25, 0.3) is 5.91 Å². The molecule has 3 aromatic heterocycles. The van der Waals surface area contributed by atoms with Crippen molar-refractivity contribution in [1.82, 2.24) is 29.9 Å². The number of hydrogen-bond donors (Lipinski definition) is 1. The molecular formula is C16H13BrN6O. The van der Waals surface area contributed by atoms with Gasteiger partial charge in [-0.3, -0.25) is 4.79 Å². The zero-order chi connectivity index (χ0) is 16.5. The van der Waals surface area contributed by atoms with Crippen molar-refractivity contribution >= 4 is 38.4 Å². The van der Waals surface area contributed by atoms with Crippen LogP contribution in [0.4, 0.5) is 0 Å². The van der Waals surface area contributed by atoms with E-state index < -0.39 is 0 Å². The number of amides is 1. The topological polar surface area (TPSA) is 77.1 Å². The second kappa shape index (κ2) is 6.04. The minimum Gasteiger partial charge on any atom is -0.350 e. The molecule has 1 amide bonds. The molecule has 4 rings (SSSR count). The van der Waals surface area contributed by atoms with Crippen LogP contribution in [0.25, 0.3) is 16.6 Å². The number of halogens is 1. The molecule has 0 atom stereocenters. The third kappa shape index (κ3) is 2.76. The zero-order valence-corrected chi connectivity index (χ0v) is 14.1. The van der Waals surface area contributed by atoms with Gasteiger partial charge in [-0.1, -0.05) is 22.0 Å². The Labute approximate surface area is 145 Å². The van der Waals surface area contributed by atoms with Crippen LogP contribution >= 0.6 is 15.9 Å². The Morgan fingerprint density at radius 3 is 3.04 bits per heavy atom. The smallest absolute Gasteiger partial charge is 0.252 e. The molecular weight excluding hydrogens is 372 g/mol. The monoisotopic (exact) mass is 384 g/mol. The number of rotatable bonds is 4. The predicted molar refractivity (Wildman–Crippen MR) is 92.8 cm³/mol. The first-order valence-electron chi connectivity index (χ1n) is 7.41. The van der Waals surface area contributed by atoms with E-state index in [-0.39, 0.29) is 5.91 Å². The lowest BCUT2D eigenvalue weighted by Gasteiger charge is -2.08. The van der Waals surface area contributed by atoms with Crippen LogP contribution in [0.1, 0.15) is 10.4 Å². The number of benzene rings is 1. The van der Waals surface area contributed by atoms with E-state index in [9.17, 15) is 4.79 Å². The summed E-state index contributed by atoms with van der Waals surface area (Å²) in [7, 11) is 0. The first kappa shape index (κ1) is 14.8. The van der Waals surface area contributed by atoms with Crippen molar-refractivity contribution in [3.05, 3.63) is 58.8 Å². The van der Waals surface area contributed by atoms with Gasteiger partial charge in [-0.25, -0.2) is 0 Å². The van der Waals surface area contributed by atoms with Gasteiger partial charge in [0.2, 0.25) is 0 Å². The Hall–Kier alpha value is -2.74. The Morgan fingerprint density at radius 1 is 1.21 bits per heavy atom. The van der Waals surface area contributed by atoms with E-state index in [0.29, 0.717) is 24.3 Å². The zero-order valence-electron chi connectivity index (χ0n) is 12.6. The van der Waals surface area contributed by atoms with Gasteiger partial charge in [-0.15, -0.1) is 5.10 Å². The van der Waals surface area contributed by atoms with Gasteiger partial charge in [0.05, 0.1) is 5.56 Å². The molecule has 24 heavy (non-hydrogen) atoms. The van der Waals surface area contributed by atoms with Crippen molar-refractivity contribution in [1.29, 1.82) is 0 Å². The number of hydrogen-bond acceptors (Lipinski definition) is 4. The van der Waals surface area contributed by atoms with Crippen molar-refractivity contribution < 1.29 is 4.79 Å². The molecule has 7 nitrogen and oxygen atoms in total. The fraction of sp³-hybridized carbons (Fsp3) is 0.125. The van der Waals surface area contributed by atoms with Crippen LogP contribution < -0.4 is 5.32 Å². The van der Waals surface area contributed by atoms with E-state index in [1.165, 1.54) is 9.90 Å². The number of nitrogens with zero attached hydrogens (tertiary/aromatic N) is 5. The summed E-state index contributed by atoms with van der Waals surface area (Å²) in [5.74, 6) is -0.148. The molecule has 0 spiro atoms. The molecule has 0 bridgehead atoms. The lowest BCUT2D eigenvalue weighted by molar-refractivity contribution is 0.0952. The average molecular weight is 385 g/mol. The molecule has 3 heterocycles. The Balaban J connectivity index is 1.44. The Kier molecular flexibility index (Phi) is 3.73. The van der Waals surface area contributed by atoms with E-state index in [4.69, 9.17) is 0 Å². The number of fused-ring (bicyclic) bond motifs is 2. The average Bonchev–Trinajstić information content (AvgIpc) is 3.20. The lowest BCUT2D eigenvalue weighted by atomic mass is 10.2. The van der Waals surface area contributed by atoms with Crippen LogP contribution in [0.2, 0.25) is 0 Å². The molecule has 0 aliphatic heterocycles. The molecule has 0 saturated heterocycles. The fourth-order valence-electron chi connectivity index (χ4n) is 2.62. The van der Waals surface area contributed by atoms with Crippen molar-refractivity contribution in [2.24, 2.45) is 0 Å². The minimum absolute atomic E-state index is 0.148. The van der Waals surface area contributed by atoms with E-state index in [1.54, 1.807) is 18.3 Å². The van der Waals surface area contributed by atoms with Gasteiger partial charge in [-0.2, -0.15) is 4.52 Å². The van der Waals surface area contributed by atoms with Gasteiger partial charge in [-0.05, 0) is 46.1 Å². The second-order valence-electron chi connectivity index (χ2n) is 5.37. The quantitative estimate of drug-likeness (QED) is 0.585. The molecule has 120 valence electrons. The van der Waals surface area contributed by atoms with Gasteiger partial charge >= 0.3 is 0 Å². The first-order chi connectivity index (χ1) is 11.7. The highest BCUT2D eigenvalue weighted by Gasteiger charge is 2.08. The molecule has 0 aliphatic rings. The molecule has 4 aromatic rings. The summed E-state index contributed by atoms with van der Waals surface area (Å²) in [4.78, 5) is 12.2. The van der Waals surface area contributed by atoms with Gasteiger partial charge in [0, 0.05) is 35.5 Å². The highest BCUT2D eigenvalue weighted by molar-refractivity contribution is 9.10. The maximum Gasteiger partial charge on any atom is 0.252 e. The highest BCUT2D eigenvalue weighted by Crippen LogP contribution is 2.20. The van der Waals surface area contributed by atoms with E-state index >= 15 is 0 Å². The third-order valence-corrected chi connectivity index (χ3v) is 4.32. The predicted octanol–water partition coefficient (Wildman–Crippen LogP) is 2.27. The van der Waals surface area contributed by atoms with Gasteiger partial charge in [0.15, 0.2) is 5.65 Å². The first-order valence-corrected chi connectivity index (χ1v) is 8.20. The van der Waals surface area contributed by atoms with Gasteiger partial charge < -0.3 is 9.88 Å². The van der Waals surface area contributed by atoms with Crippen molar-refractivity contribution in [2.45, 2.75) is 6.54 Å². The molecule has 0 fully saturated rings. The number of nitrogens with one attached hydrogen (secondary N) is 1. The maximum atomic E-state index is 12.2. The van der Waals surface area contributed by atoms with Crippen LogP contribution in [-0.2, 0) is 6.54 Å². The summed E-state index contributed by atoms with van der Waals surface area (Å²) in [6, 6.07) is 11.6. The summed E-state index contributed by atoms with van der Waals surface area (Å²) in [6.45, 7) is 1.22. The van der Waals surface area contributed by atoms with Crippen LogP contribution in [0.3, 0.4) is 0 Å².